The number of carbonyl (C=O) groups is 1. The van der Waals surface area contributed by atoms with Gasteiger partial charge in [0.05, 0.1) is 28.3 Å². The van der Waals surface area contributed by atoms with Crippen LogP contribution in [0.25, 0.3) is 22.3 Å². The first-order valence-electron chi connectivity index (χ1n) is 13.7. The number of carbonyl (C=O) groups excluding carboxylic acids is 1. The molecule has 1 spiro atoms. The van der Waals surface area contributed by atoms with E-state index in [9.17, 15) is 4.79 Å². The minimum absolute atomic E-state index is 0.000405. The van der Waals surface area contributed by atoms with Gasteiger partial charge >= 0.3 is 0 Å². The predicted molar refractivity (Wildman–Crippen MR) is 156 cm³/mol. The van der Waals surface area contributed by atoms with Gasteiger partial charge < -0.3 is 0 Å². The van der Waals surface area contributed by atoms with Gasteiger partial charge in [-0.05, 0) is 62.2 Å². The summed E-state index contributed by atoms with van der Waals surface area (Å²) in [7, 11) is 2.15. The molecule has 0 saturated carbocycles. The zero-order valence-electron chi connectivity index (χ0n) is 22.8. The van der Waals surface area contributed by atoms with Crippen molar-refractivity contribution in [1.82, 2.24) is 14.9 Å². The molecule has 1 aliphatic carbocycles. The second-order valence-corrected chi connectivity index (χ2v) is 11.3. The Bertz CT molecular complexity index is 1760. The van der Waals surface area contributed by atoms with Crippen LogP contribution in [0.15, 0.2) is 91.0 Å². The van der Waals surface area contributed by atoms with Gasteiger partial charge in [0, 0.05) is 23.6 Å². The number of ketones is 1. The Morgan fingerprint density at radius 3 is 2.18 bits per heavy atom. The fourth-order valence-corrected chi connectivity index (χ4v) is 6.95. The van der Waals surface area contributed by atoms with E-state index < -0.39 is 5.54 Å². The van der Waals surface area contributed by atoms with E-state index in [4.69, 9.17) is 9.97 Å². The summed E-state index contributed by atoms with van der Waals surface area (Å²) in [6.07, 6.45) is 0. The molecule has 1 saturated heterocycles. The standard InChI is InChI=1S/C35H31N3O/c1-21-14-16-24(17-15-21)27-20-38(4)35(31(27)33(39)25-10-6-5-7-11-25)28-13-9-8-12-26(28)32-34(35)37-30-19-23(3)22(2)18-29(30)36-32/h5-19,27,31H,20H2,1-4H3/t27-,31+,35?/m0/s1. The lowest BCUT2D eigenvalue weighted by Crippen LogP contribution is -2.46. The van der Waals surface area contributed by atoms with Crippen LogP contribution < -0.4 is 0 Å². The highest BCUT2D eigenvalue weighted by molar-refractivity contribution is 6.01. The minimum atomic E-state index is -0.728. The highest BCUT2D eigenvalue weighted by Crippen LogP contribution is 2.60. The van der Waals surface area contributed by atoms with Gasteiger partial charge in [0.15, 0.2) is 5.78 Å². The van der Waals surface area contributed by atoms with Gasteiger partial charge in [-0.3, -0.25) is 9.69 Å². The molecule has 1 unspecified atom stereocenters. The zero-order valence-corrected chi connectivity index (χ0v) is 22.8. The number of likely N-dealkylation sites (N-methyl/N-ethyl adjacent to an activating group) is 1. The van der Waals surface area contributed by atoms with Crippen molar-refractivity contribution in [3.8, 4) is 11.3 Å². The molecule has 192 valence electrons. The van der Waals surface area contributed by atoms with Crippen molar-refractivity contribution in [2.75, 3.05) is 13.6 Å². The summed E-state index contributed by atoms with van der Waals surface area (Å²) in [6.45, 7) is 7.08. The van der Waals surface area contributed by atoms with E-state index in [1.165, 1.54) is 22.3 Å². The number of rotatable bonds is 3. The van der Waals surface area contributed by atoms with Crippen LogP contribution in [0.1, 0.15) is 49.8 Å². The fourth-order valence-electron chi connectivity index (χ4n) is 6.95. The van der Waals surface area contributed by atoms with Crippen molar-refractivity contribution in [1.29, 1.82) is 0 Å². The molecule has 4 nitrogen and oxygen atoms in total. The first-order chi connectivity index (χ1) is 18.9. The van der Waals surface area contributed by atoms with E-state index in [1.54, 1.807) is 0 Å². The van der Waals surface area contributed by atoms with Gasteiger partial charge in [0.25, 0.3) is 0 Å². The Morgan fingerprint density at radius 1 is 0.821 bits per heavy atom. The summed E-state index contributed by atoms with van der Waals surface area (Å²) in [6, 6.07) is 31.2. The van der Waals surface area contributed by atoms with Crippen molar-refractivity contribution >= 4 is 16.8 Å². The van der Waals surface area contributed by atoms with E-state index >= 15 is 0 Å². The van der Waals surface area contributed by atoms with Crippen LogP contribution in [0.2, 0.25) is 0 Å². The average molecular weight is 510 g/mol. The van der Waals surface area contributed by atoms with Crippen LogP contribution in [0.3, 0.4) is 0 Å². The molecule has 1 fully saturated rings. The third-order valence-electron chi connectivity index (χ3n) is 9.00. The number of aromatic nitrogens is 2. The lowest BCUT2D eigenvalue weighted by Gasteiger charge is -2.38. The number of likely N-dealkylation sites (tertiary alicyclic amines) is 1. The highest BCUT2D eigenvalue weighted by Gasteiger charge is 2.62. The van der Waals surface area contributed by atoms with Crippen molar-refractivity contribution in [3.63, 3.8) is 0 Å². The Labute approximate surface area is 229 Å². The average Bonchev–Trinajstić information content (AvgIpc) is 3.41. The number of aryl methyl sites for hydroxylation is 3. The third kappa shape index (κ3) is 3.38. The molecule has 3 atom stereocenters. The van der Waals surface area contributed by atoms with Gasteiger partial charge in [-0.1, -0.05) is 84.4 Å². The smallest absolute Gasteiger partial charge is 0.169 e. The number of Topliss-reactive ketones (excluding diaryl/α,β-unsaturated/α-hetero) is 1. The molecule has 0 bridgehead atoms. The zero-order chi connectivity index (χ0) is 26.9. The molecule has 5 aromatic rings. The summed E-state index contributed by atoms with van der Waals surface area (Å²) in [5.74, 6) is -0.219. The van der Waals surface area contributed by atoms with Gasteiger partial charge in [-0.15, -0.1) is 0 Å². The van der Waals surface area contributed by atoms with Crippen molar-refractivity contribution in [2.45, 2.75) is 32.2 Å². The summed E-state index contributed by atoms with van der Waals surface area (Å²) in [5.41, 5.74) is 10.5. The Balaban J connectivity index is 1.55. The molecule has 0 amide bonds. The van der Waals surface area contributed by atoms with Crippen LogP contribution in [-0.2, 0) is 5.54 Å². The molecule has 2 heterocycles. The van der Waals surface area contributed by atoms with E-state index in [0.717, 1.165) is 45.7 Å². The van der Waals surface area contributed by atoms with Crippen LogP contribution >= 0.6 is 0 Å². The normalized spacial score (nSPS) is 21.8. The van der Waals surface area contributed by atoms with E-state index in [-0.39, 0.29) is 17.6 Å². The number of nitrogens with zero attached hydrogens (tertiary/aromatic N) is 3. The largest absolute Gasteiger partial charge is 0.294 e. The topological polar surface area (TPSA) is 46.1 Å². The molecule has 39 heavy (non-hydrogen) atoms. The molecule has 7 rings (SSSR count). The predicted octanol–water partition coefficient (Wildman–Crippen LogP) is 7.01. The molecule has 2 aliphatic rings. The lowest BCUT2D eigenvalue weighted by atomic mass is 9.70. The maximum atomic E-state index is 14.7. The lowest BCUT2D eigenvalue weighted by molar-refractivity contribution is 0.0807. The molecular formula is C35H31N3O. The maximum absolute atomic E-state index is 14.7. The highest BCUT2D eigenvalue weighted by atomic mass is 16.1. The number of fused-ring (bicyclic) bond motifs is 6. The van der Waals surface area contributed by atoms with Crippen LogP contribution in [0, 0.1) is 26.7 Å². The minimum Gasteiger partial charge on any atom is -0.294 e. The summed E-state index contributed by atoms with van der Waals surface area (Å²) in [5, 5.41) is 0. The third-order valence-corrected chi connectivity index (χ3v) is 9.00. The van der Waals surface area contributed by atoms with E-state index in [0.29, 0.717) is 0 Å². The second-order valence-electron chi connectivity index (χ2n) is 11.3. The summed E-state index contributed by atoms with van der Waals surface area (Å²) >= 11 is 0. The Hall–Kier alpha value is -4.15. The molecule has 0 radical (unpaired) electrons. The van der Waals surface area contributed by atoms with Gasteiger partial charge in [0.1, 0.15) is 5.54 Å². The maximum Gasteiger partial charge on any atom is 0.169 e. The van der Waals surface area contributed by atoms with Crippen LogP contribution in [0.4, 0.5) is 0 Å². The van der Waals surface area contributed by atoms with Crippen molar-refractivity contribution < 1.29 is 4.79 Å². The number of hydrogen-bond donors (Lipinski definition) is 0. The Kier molecular flexibility index (Phi) is 5.33. The van der Waals surface area contributed by atoms with Gasteiger partial charge in [-0.25, -0.2) is 9.97 Å². The van der Waals surface area contributed by atoms with E-state index in [2.05, 4.69) is 93.4 Å². The summed E-state index contributed by atoms with van der Waals surface area (Å²) < 4.78 is 0. The van der Waals surface area contributed by atoms with Crippen LogP contribution in [-0.4, -0.2) is 34.2 Å². The molecule has 1 aliphatic heterocycles. The SMILES string of the molecule is Cc1ccc([C@@H]2CN(C)C3(c4ccccc4-c4nc5cc(C)c(C)cc5nc43)[C@H]2C(=O)c2ccccc2)cc1. The monoisotopic (exact) mass is 509 g/mol. The molecule has 1 aromatic heterocycles. The quantitative estimate of drug-likeness (QED) is 0.246. The van der Waals surface area contributed by atoms with Gasteiger partial charge in [0.2, 0.25) is 0 Å². The molecular weight excluding hydrogens is 478 g/mol. The second kappa shape index (κ2) is 8.69. The molecule has 4 aromatic carbocycles. The van der Waals surface area contributed by atoms with Crippen molar-refractivity contribution in [3.05, 3.63) is 130 Å². The van der Waals surface area contributed by atoms with Crippen LogP contribution in [0.5, 0.6) is 0 Å². The first kappa shape index (κ1) is 23.9. The fraction of sp³-hybridized carbons (Fsp3) is 0.229. The summed E-state index contributed by atoms with van der Waals surface area (Å²) in [4.78, 5) is 27.7. The molecule has 0 N–H and O–H groups in total. The Morgan fingerprint density at radius 2 is 1.46 bits per heavy atom. The van der Waals surface area contributed by atoms with Gasteiger partial charge in [-0.2, -0.15) is 0 Å². The molecule has 4 heteroatoms. The van der Waals surface area contributed by atoms with E-state index in [1.807, 2.05) is 30.3 Å². The first-order valence-corrected chi connectivity index (χ1v) is 13.7. The number of hydrogen-bond acceptors (Lipinski definition) is 4. The number of benzene rings is 4. The van der Waals surface area contributed by atoms with Crippen molar-refractivity contribution in [2.24, 2.45) is 5.92 Å².